The Labute approximate surface area is 202 Å². The Kier molecular flexibility index (Phi) is 6.20. The molecule has 1 fully saturated rings. The summed E-state index contributed by atoms with van der Waals surface area (Å²) in [5, 5.41) is 14.3. The van der Waals surface area contributed by atoms with Gasteiger partial charge in [-0.3, -0.25) is 9.48 Å². The van der Waals surface area contributed by atoms with Gasteiger partial charge in [0.05, 0.1) is 48.4 Å². The van der Waals surface area contributed by atoms with Crippen LogP contribution in [0.5, 0.6) is 0 Å². The summed E-state index contributed by atoms with van der Waals surface area (Å²) in [7, 11) is 1.40. The van der Waals surface area contributed by atoms with Gasteiger partial charge in [-0.1, -0.05) is 17.7 Å². The van der Waals surface area contributed by atoms with Gasteiger partial charge in [-0.05, 0) is 43.7 Å². The number of amides is 1. The maximum atomic E-state index is 12.2. The lowest BCUT2D eigenvalue weighted by Crippen LogP contribution is -2.35. The van der Waals surface area contributed by atoms with Crippen molar-refractivity contribution in [3.63, 3.8) is 0 Å². The average molecular weight is 486 g/mol. The highest BCUT2D eigenvalue weighted by atomic mass is 35.5. The number of benzene rings is 1. The van der Waals surface area contributed by atoms with E-state index in [0.29, 0.717) is 44.0 Å². The number of carbonyl (C=O) groups is 2. The van der Waals surface area contributed by atoms with Crippen LogP contribution in [0.1, 0.15) is 48.6 Å². The number of hydrogen-bond donors (Lipinski definition) is 1. The molecule has 1 aromatic carbocycles. The molecule has 3 aromatic rings. The minimum absolute atomic E-state index is 0.195. The molecule has 34 heavy (non-hydrogen) atoms. The van der Waals surface area contributed by atoms with Gasteiger partial charge < -0.3 is 19.3 Å². The van der Waals surface area contributed by atoms with Crippen molar-refractivity contribution in [1.82, 2.24) is 24.2 Å². The van der Waals surface area contributed by atoms with Gasteiger partial charge in [0.1, 0.15) is 5.82 Å². The lowest BCUT2D eigenvalue weighted by Gasteiger charge is -2.27. The van der Waals surface area contributed by atoms with E-state index in [-0.39, 0.29) is 17.9 Å². The van der Waals surface area contributed by atoms with Crippen molar-refractivity contribution in [2.24, 2.45) is 5.92 Å². The molecule has 1 aliphatic carbocycles. The van der Waals surface area contributed by atoms with E-state index in [0.717, 1.165) is 41.7 Å². The van der Waals surface area contributed by atoms with E-state index in [1.807, 2.05) is 4.68 Å². The predicted molar refractivity (Wildman–Crippen MR) is 126 cm³/mol. The molecule has 5 rings (SSSR count). The molecule has 180 valence electrons. The number of hydrogen-bond acceptors (Lipinski definition) is 5. The van der Waals surface area contributed by atoms with Crippen molar-refractivity contribution in [3.05, 3.63) is 46.5 Å². The largest absolute Gasteiger partial charge is 0.481 e. The lowest BCUT2D eigenvalue weighted by atomic mass is 9.81. The van der Waals surface area contributed by atoms with Crippen molar-refractivity contribution >= 4 is 34.7 Å². The Morgan fingerprint density at radius 2 is 2.00 bits per heavy atom. The zero-order valence-corrected chi connectivity index (χ0v) is 19.9. The molecule has 10 heteroatoms. The molecule has 1 saturated carbocycles. The smallest absolute Gasteiger partial charge is 0.409 e. The standard InChI is InChI=1S/C24H28ClN5O4/c1-34-24(33)28-9-8-15-6-7-20-21(19(15)14-28)27-22(16-2-4-17(5-3-16)23(31)32)30(20)11-10-29-13-18(25)12-26-29/h6-7,12-13,16-17H,2-5,8-11,14H2,1H3,(H,31,32). The highest BCUT2D eigenvalue weighted by Gasteiger charge is 2.31. The third-order valence-corrected chi connectivity index (χ3v) is 7.38. The summed E-state index contributed by atoms with van der Waals surface area (Å²) in [4.78, 5) is 30.5. The first-order valence-electron chi connectivity index (χ1n) is 11.7. The molecule has 0 unspecified atom stereocenters. The minimum atomic E-state index is -0.709. The van der Waals surface area contributed by atoms with Gasteiger partial charge in [0, 0.05) is 30.8 Å². The minimum Gasteiger partial charge on any atom is -0.481 e. The van der Waals surface area contributed by atoms with Gasteiger partial charge in [0.15, 0.2) is 0 Å². The van der Waals surface area contributed by atoms with Crippen molar-refractivity contribution < 1.29 is 19.4 Å². The van der Waals surface area contributed by atoms with E-state index in [2.05, 4.69) is 21.8 Å². The van der Waals surface area contributed by atoms with Crippen LogP contribution in [0.25, 0.3) is 11.0 Å². The highest BCUT2D eigenvalue weighted by Crippen LogP contribution is 2.38. The lowest BCUT2D eigenvalue weighted by molar-refractivity contribution is -0.142. The summed E-state index contributed by atoms with van der Waals surface area (Å²) in [6.45, 7) is 2.40. The zero-order valence-electron chi connectivity index (χ0n) is 19.1. The molecule has 0 radical (unpaired) electrons. The van der Waals surface area contributed by atoms with Gasteiger partial charge in [-0.15, -0.1) is 0 Å². The molecular formula is C24H28ClN5O4. The molecule has 2 aromatic heterocycles. The number of aromatic nitrogens is 4. The Morgan fingerprint density at radius 3 is 2.68 bits per heavy atom. The first-order valence-corrected chi connectivity index (χ1v) is 12.1. The normalized spacial score (nSPS) is 20.4. The Balaban J connectivity index is 1.52. The number of fused-ring (bicyclic) bond motifs is 3. The van der Waals surface area contributed by atoms with E-state index >= 15 is 0 Å². The molecule has 2 aliphatic rings. The second-order valence-corrected chi connectivity index (χ2v) is 9.58. The SMILES string of the molecule is COC(=O)N1CCc2ccc3c(nc(C4CCC(C(=O)O)CC4)n3CCn3cc(Cl)cn3)c2C1. The Bertz CT molecular complexity index is 1230. The molecule has 0 saturated heterocycles. The van der Waals surface area contributed by atoms with Crippen LogP contribution in [-0.2, 0) is 35.6 Å². The van der Waals surface area contributed by atoms with E-state index in [1.165, 1.54) is 12.7 Å². The maximum absolute atomic E-state index is 12.2. The van der Waals surface area contributed by atoms with Crippen LogP contribution in [0.2, 0.25) is 5.02 Å². The number of rotatable bonds is 5. The molecule has 1 aliphatic heterocycles. The second-order valence-electron chi connectivity index (χ2n) is 9.14. The molecular weight excluding hydrogens is 458 g/mol. The fourth-order valence-electron chi connectivity index (χ4n) is 5.34. The van der Waals surface area contributed by atoms with E-state index in [4.69, 9.17) is 21.3 Å². The molecule has 0 spiro atoms. The number of nitrogens with zero attached hydrogens (tertiary/aromatic N) is 5. The van der Waals surface area contributed by atoms with E-state index in [1.54, 1.807) is 17.3 Å². The van der Waals surface area contributed by atoms with Crippen molar-refractivity contribution in [1.29, 1.82) is 0 Å². The summed E-state index contributed by atoms with van der Waals surface area (Å²) < 4.78 is 9.01. The van der Waals surface area contributed by atoms with Crippen LogP contribution < -0.4 is 0 Å². The van der Waals surface area contributed by atoms with Crippen molar-refractivity contribution in [2.75, 3.05) is 13.7 Å². The van der Waals surface area contributed by atoms with Crippen molar-refractivity contribution in [3.8, 4) is 0 Å². The van der Waals surface area contributed by atoms with Gasteiger partial charge in [0.2, 0.25) is 0 Å². The molecule has 1 N–H and O–H groups in total. The fourth-order valence-corrected chi connectivity index (χ4v) is 5.49. The van der Waals surface area contributed by atoms with E-state index < -0.39 is 5.97 Å². The number of halogens is 1. The van der Waals surface area contributed by atoms with Crippen LogP contribution in [0.15, 0.2) is 24.5 Å². The number of methoxy groups -OCH3 is 1. The molecule has 3 heterocycles. The molecule has 0 bridgehead atoms. The van der Waals surface area contributed by atoms with Crippen LogP contribution in [0.3, 0.4) is 0 Å². The average Bonchev–Trinajstić information content (AvgIpc) is 3.45. The summed E-state index contributed by atoms with van der Waals surface area (Å²) >= 11 is 6.05. The monoisotopic (exact) mass is 485 g/mol. The van der Waals surface area contributed by atoms with Crippen LogP contribution in [0, 0.1) is 5.92 Å². The second kappa shape index (κ2) is 9.29. The summed E-state index contributed by atoms with van der Waals surface area (Å²) in [5.41, 5.74) is 4.21. The van der Waals surface area contributed by atoms with Crippen molar-refractivity contribution in [2.45, 2.75) is 57.7 Å². The fraction of sp³-hybridized carbons (Fsp3) is 0.500. The zero-order chi connectivity index (χ0) is 23.8. The first kappa shape index (κ1) is 22.7. The third-order valence-electron chi connectivity index (χ3n) is 7.18. The summed E-state index contributed by atoms with van der Waals surface area (Å²) in [6.07, 6.45) is 6.77. The quantitative estimate of drug-likeness (QED) is 0.584. The van der Waals surface area contributed by atoms with Gasteiger partial charge in [0.25, 0.3) is 0 Å². The van der Waals surface area contributed by atoms with Crippen LogP contribution in [0.4, 0.5) is 4.79 Å². The number of imidazole rings is 1. The number of ether oxygens (including phenoxy) is 1. The number of carbonyl (C=O) groups excluding carboxylic acids is 1. The number of carboxylic acid groups (broad SMARTS) is 1. The molecule has 1 amide bonds. The van der Waals surface area contributed by atoms with Crippen LogP contribution >= 0.6 is 11.6 Å². The maximum Gasteiger partial charge on any atom is 0.409 e. The van der Waals surface area contributed by atoms with Crippen LogP contribution in [-0.4, -0.2) is 55.1 Å². The number of aryl methyl sites for hydroxylation is 2. The predicted octanol–water partition coefficient (Wildman–Crippen LogP) is 4.07. The third kappa shape index (κ3) is 4.24. The van der Waals surface area contributed by atoms with Gasteiger partial charge >= 0.3 is 12.1 Å². The first-order chi connectivity index (χ1) is 16.4. The summed E-state index contributed by atoms with van der Waals surface area (Å²) in [6, 6.07) is 4.26. The molecule has 0 atom stereocenters. The molecule has 9 nitrogen and oxygen atoms in total. The number of aliphatic carboxylic acids is 1. The Morgan fingerprint density at radius 1 is 1.21 bits per heavy atom. The van der Waals surface area contributed by atoms with Gasteiger partial charge in [-0.2, -0.15) is 5.10 Å². The highest BCUT2D eigenvalue weighted by molar-refractivity contribution is 6.30. The van der Waals surface area contributed by atoms with Gasteiger partial charge in [-0.25, -0.2) is 9.78 Å². The van der Waals surface area contributed by atoms with E-state index in [9.17, 15) is 14.7 Å². The summed E-state index contributed by atoms with van der Waals surface area (Å²) in [5.74, 6) is 0.196. The Hall–Kier alpha value is -3.07. The topological polar surface area (TPSA) is 102 Å². The number of carboxylic acids is 1.